The first-order valence-corrected chi connectivity index (χ1v) is 6.61. The van der Waals surface area contributed by atoms with Crippen LogP contribution in [0.15, 0.2) is 40.9 Å². The molecule has 0 aliphatic heterocycles. The lowest BCUT2D eigenvalue weighted by molar-refractivity contribution is 0.482. The van der Waals surface area contributed by atoms with Gasteiger partial charge in [-0.2, -0.15) is 0 Å². The van der Waals surface area contributed by atoms with Crippen molar-refractivity contribution >= 4 is 44.2 Å². The average Bonchev–Trinajstić information content (AvgIpc) is 2.26. The highest BCUT2D eigenvalue weighted by Gasteiger charge is 2.08. The van der Waals surface area contributed by atoms with Crippen molar-refractivity contribution < 1.29 is 9.13 Å². The summed E-state index contributed by atoms with van der Waals surface area (Å²) in [5.74, 6) is 0.694. The fourth-order valence-corrected chi connectivity index (χ4v) is 2.13. The van der Waals surface area contributed by atoms with E-state index in [1.165, 1.54) is 12.1 Å². The first-order valence-electron chi connectivity index (χ1n) is 4.74. The number of nitrogens with two attached hydrogens (primary N) is 1. The highest BCUT2D eigenvalue weighted by Crippen LogP contribution is 2.32. The molecular formula is C12H8BrFINO. The van der Waals surface area contributed by atoms with Crippen LogP contribution in [-0.4, -0.2) is 0 Å². The second-order valence-corrected chi connectivity index (χ2v) is 5.46. The summed E-state index contributed by atoms with van der Waals surface area (Å²) >= 11 is 5.28. The summed E-state index contributed by atoms with van der Waals surface area (Å²) in [6.07, 6.45) is 0. The van der Waals surface area contributed by atoms with Gasteiger partial charge in [-0.3, -0.25) is 0 Å². The summed E-state index contributed by atoms with van der Waals surface area (Å²) < 4.78 is 20.2. The van der Waals surface area contributed by atoms with Gasteiger partial charge in [0.05, 0.1) is 10.2 Å². The molecule has 0 bridgehead atoms. The molecule has 0 saturated carbocycles. The van der Waals surface area contributed by atoms with Gasteiger partial charge in [0.2, 0.25) is 0 Å². The zero-order valence-electron chi connectivity index (χ0n) is 8.58. The van der Waals surface area contributed by atoms with Crippen LogP contribution in [0, 0.1) is 9.39 Å². The van der Waals surface area contributed by atoms with Crippen molar-refractivity contribution in [3.63, 3.8) is 0 Å². The molecule has 2 aromatic carbocycles. The van der Waals surface area contributed by atoms with Gasteiger partial charge in [0.1, 0.15) is 11.6 Å². The second kappa shape index (κ2) is 5.22. The Balaban J connectivity index is 2.33. The molecule has 2 nitrogen and oxygen atoms in total. The minimum absolute atomic E-state index is 0.268. The van der Waals surface area contributed by atoms with Gasteiger partial charge in [-0.25, -0.2) is 4.39 Å². The van der Waals surface area contributed by atoms with E-state index in [4.69, 9.17) is 10.5 Å². The molecule has 0 amide bonds. The Labute approximate surface area is 120 Å². The van der Waals surface area contributed by atoms with E-state index in [-0.39, 0.29) is 5.69 Å². The second-order valence-electron chi connectivity index (χ2n) is 3.36. The quantitative estimate of drug-likeness (QED) is 0.584. The van der Waals surface area contributed by atoms with Crippen molar-refractivity contribution in [2.24, 2.45) is 0 Å². The van der Waals surface area contributed by atoms with Gasteiger partial charge >= 0.3 is 0 Å². The lowest BCUT2D eigenvalue weighted by Crippen LogP contribution is -1.94. The minimum Gasteiger partial charge on any atom is -0.455 e. The molecule has 0 aromatic heterocycles. The van der Waals surface area contributed by atoms with Crippen LogP contribution in [0.2, 0.25) is 0 Å². The fourth-order valence-electron chi connectivity index (χ4n) is 1.29. The Morgan fingerprint density at radius 3 is 2.71 bits per heavy atom. The molecule has 0 aliphatic rings. The molecular weight excluding hydrogens is 400 g/mol. The summed E-state index contributed by atoms with van der Waals surface area (Å²) in [4.78, 5) is 0. The maximum absolute atomic E-state index is 13.2. The predicted octanol–water partition coefficient (Wildman–Crippen LogP) is 4.57. The molecule has 0 atom stereocenters. The maximum Gasteiger partial charge on any atom is 0.151 e. The number of halogens is 3. The Morgan fingerprint density at radius 2 is 2.00 bits per heavy atom. The molecule has 0 fully saturated rings. The SMILES string of the molecule is Nc1cc(F)c(Br)cc1Oc1cccc(I)c1. The molecule has 0 unspecified atom stereocenters. The van der Waals surface area contributed by atoms with Gasteiger partial charge in [0, 0.05) is 15.7 Å². The minimum atomic E-state index is -0.405. The van der Waals surface area contributed by atoms with E-state index in [2.05, 4.69) is 38.5 Å². The van der Waals surface area contributed by atoms with Crippen LogP contribution in [-0.2, 0) is 0 Å². The van der Waals surface area contributed by atoms with Crippen molar-refractivity contribution in [1.82, 2.24) is 0 Å². The molecule has 88 valence electrons. The van der Waals surface area contributed by atoms with E-state index in [1.807, 2.05) is 24.3 Å². The third-order valence-electron chi connectivity index (χ3n) is 2.08. The third kappa shape index (κ3) is 3.10. The monoisotopic (exact) mass is 407 g/mol. The first kappa shape index (κ1) is 12.6. The van der Waals surface area contributed by atoms with E-state index in [0.29, 0.717) is 16.0 Å². The van der Waals surface area contributed by atoms with E-state index in [0.717, 1.165) is 3.57 Å². The normalized spacial score (nSPS) is 10.3. The smallest absolute Gasteiger partial charge is 0.151 e. The number of benzene rings is 2. The van der Waals surface area contributed by atoms with E-state index in [1.54, 1.807) is 0 Å². The summed E-state index contributed by atoms with van der Waals surface area (Å²) in [6.45, 7) is 0. The largest absolute Gasteiger partial charge is 0.455 e. The number of hydrogen-bond donors (Lipinski definition) is 1. The maximum atomic E-state index is 13.2. The van der Waals surface area contributed by atoms with Crippen molar-refractivity contribution in [3.05, 3.63) is 50.3 Å². The van der Waals surface area contributed by atoms with Crippen LogP contribution >= 0.6 is 38.5 Å². The van der Waals surface area contributed by atoms with Crippen LogP contribution in [0.1, 0.15) is 0 Å². The zero-order chi connectivity index (χ0) is 12.4. The molecule has 2 N–H and O–H groups in total. The van der Waals surface area contributed by atoms with Crippen molar-refractivity contribution in [3.8, 4) is 11.5 Å². The molecule has 5 heteroatoms. The van der Waals surface area contributed by atoms with Crippen molar-refractivity contribution in [2.45, 2.75) is 0 Å². The number of ether oxygens (including phenoxy) is 1. The summed E-state index contributed by atoms with van der Waals surface area (Å²) in [6, 6.07) is 10.3. The van der Waals surface area contributed by atoms with Crippen LogP contribution in [0.4, 0.5) is 10.1 Å². The van der Waals surface area contributed by atoms with E-state index >= 15 is 0 Å². The topological polar surface area (TPSA) is 35.2 Å². The Morgan fingerprint density at radius 1 is 1.24 bits per heavy atom. The Hall–Kier alpha value is -0.820. The average molecular weight is 408 g/mol. The lowest BCUT2D eigenvalue weighted by Gasteiger charge is -2.09. The van der Waals surface area contributed by atoms with Gasteiger partial charge < -0.3 is 10.5 Å². The van der Waals surface area contributed by atoms with E-state index < -0.39 is 5.82 Å². The van der Waals surface area contributed by atoms with Gasteiger partial charge in [0.25, 0.3) is 0 Å². The highest BCUT2D eigenvalue weighted by molar-refractivity contribution is 14.1. The number of rotatable bonds is 2. The highest BCUT2D eigenvalue weighted by atomic mass is 127. The molecule has 0 radical (unpaired) electrons. The predicted molar refractivity (Wildman–Crippen MR) is 77.7 cm³/mol. The molecule has 2 aromatic rings. The lowest BCUT2D eigenvalue weighted by atomic mass is 10.3. The fraction of sp³-hybridized carbons (Fsp3) is 0. The number of nitrogen functional groups attached to an aromatic ring is 1. The molecule has 0 saturated heterocycles. The zero-order valence-corrected chi connectivity index (χ0v) is 12.3. The number of hydrogen-bond acceptors (Lipinski definition) is 2. The molecule has 17 heavy (non-hydrogen) atoms. The summed E-state index contributed by atoms with van der Waals surface area (Å²) in [5.41, 5.74) is 5.96. The summed E-state index contributed by atoms with van der Waals surface area (Å²) in [5, 5.41) is 0. The Kier molecular flexibility index (Phi) is 3.88. The molecule has 0 spiro atoms. The van der Waals surface area contributed by atoms with Crippen LogP contribution in [0.3, 0.4) is 0 Å². The number of anilines is 1. The Bertz CT molecular complexity index is 562. The molecule has 0 heterocycles. The standard InChI is InChI=1S/C12H8BrFINO/c13-9-5-12(11(16)6-10(9)14)17-8-3-1-2-7(15)4-8/h1-6H,16H2. The molecule has 0 aliphatic carbocycles. The first-order chi connectivity index (χ1) is 8.06. The third-order valence-corrected chi connectivity index (χ3v) is 3.36. The van der Waals surface area contributed by atoms with Crippen LogP contribution < -0.4 is 10.5 Å². The van der Waals surface area contributed by atoms with Crippen LogP contribution in [0.25, 0.3) is 0 Å². The van der Waals surface area contributed by atoms with Gasteiger partial charge in [-0.05, 0) is 56.7 Å². The van der Waals surface area contributed by atoms with Crippen molar-refractivity contribution in [2.75, 3.05) is 5.73 Å². The van der Waals surface area contributed by atoms with Crippen LogP contribution in [0.5, 0.6) is 11.5 Å². The molecule has 2 rings (SSSR count). The van der Waals surface area contributed by atoms with E-state index in [9.17, 15) is 4.39 Å². The van der Waals surface area contributed by atoms with Crippen molar-refractivity contribution in [1.29, 1.82) is 0 Å². The van der Waals surface area contributed by atoms with Gasteiger partial charge in [0.15, 0.2) is 5.75 Å². The van der Waals surface area contributed by atoms with Gasteiger partial charge in [-0.15, -0.1) is 0 Å². The summed E-state index contributed by atoms with van der Waals surface area (Å²) in [7, 11) is 0. The van der Waals surface area contributed by atoms with Gasteiger partial charge in [-0.1, -0.05) is 6.07 Å².